The van der Waals surface area contributed by atoms with E-state index in [9.17, 15) is 4.79 Å². The Morgan fingerprint density at radius 2 is 1.96 bits per heavy atom. The van der Waals surface area contributed by atoms with Crippen LogP contribution in [-0.2, 0) is 11.2 Å². The first-order valence-electron chi connectivity index (χ1n) is 8.61. The molecule has 25 heavy (non-hydrogen) atoms. The van der Waals surface area contributed by atoms with Crippen LogP contribution in [0.2, 0.25) is 5.02 Å². The first kappa shape index (κ1) is 19.4. The molecular formula is C18H25ClN4O2. The zero-order valence-corrected chi connectivity index (χ0v) is 15.5. The van der Waals surface area contributed by atoms with Gasteiger partial charge in [-0.15, -0.1) is 0 Å². The highest BCUT2D eigenvalue weighted by Gasteiger charge is 2.25. The van der Waals surface area contributed by atoms with Gasteiger partial charge in [0.2, 0.25) is 17.6 Å². The second-order valence-corrected chi connectivity index (χ2v) is 6.55. The van der Waals surface area contributed by atoms with Gasteiger partial charge >= 0.3 is 0 Å². The molecule has 1 heterocycles. The van der Waals surface area contributed by atoms with E-state index in [0.717, 1.165) is 18.4 Å². The van der Waals surface area contributed by atoms with Crippen LogP contribution in [0, 0.1) is 0 Å². The van der Waals surface area contributed by atoms with Gasteiger partial charge in [0.25, 0.3) is 0 Å². The molecule has 0 spiro atoms. The molecule has 0 saturated heterocycles. The van der Waals surface area contributed by atoms with Crippen molar-refractivity contribution in [1.82, 2.24) is 15.5 Å². The third-order valence-corrected chi connectivity index (χ3v) is 4.77. The zero-order chi connectivity index (χ0) is 18.3. The van der Waals surface area contributed by atoms with Crippen molar-refractivity contribution in [1.29, 1.82) is 0 Å². The lowest BCUT2D eigenvalue weighted by atomic mass is 9.92. The molecule has 2 rings (SSSR count). The summed E-state index contributed by atoms with van der Waals surface area (Å²) in [6.45, 7) is 4.51. The summed E-state index contributed by atoms with van der Waals surface area (Å²) in [7, 11) is 0. The number of carbonyl (C=O) groups excluding carboxylic acids is 1. The molecule has 1 aromatic heterocycles. The summed E-state index contributed by atoms with van der Waals surface area (Å²) in [5.74, 6) is 1.05. The summed E-state index contributed by atoms with van der Waals surface area (Å²) in [4.78, 5) is 16.5. The average Bonchev–Trinajstić information content (AvgIpc) is 3.09. The lowest BCUT2D eigenvalue weighted by Crippen LogP contribution is -2.52. The van der Waals surface area contributed by atoms with Gasteiger partial charge in [0.1, 0.15) is 0 Å². The zero-order valence-electron chi connectivity index (χ0n) is 14.7. The Kier molecular flexibility index (Phi) is 6.96. The number of nitrogens with one attached hydrogen (secondary N) is 1. The molecule has 136 valence electrons. The van der Waals surface area contributed by atoms with Crippen LogP contribution in [0.15, 0.2) is 28.8 Å². The van der Waals surface area contributed by atoms with Crippen molar-refractivity contribution in [3.8, 4) is 11.4 Å². The SMILES string of the molecule is CCC(CC)(CN)NC(=O)CCCc1nc(-c2ccc(Cl)cc2)no1. The average molecular weight is 365 g/mol. The summed E-state index contributed by atoms with van der Waals surface area (Å²) in [6, 6.07) is 7.24. The molecule has 0 radical (unpaired) electrons. The highest BCUT2D eigenvalue weighted by molar-refractivity contribution is 6.30. The number of rotatable bonds is 9. The fourth-order valence-corrected chi connectivity index (χ4v) is 2.72. The topological polar surface area (TPSA) is 94.0 Å². The molecule has 1 amide bonds. The van der Waals surface area contributed by atoms with E-state index in [1.165, 1.54) is 0 Å². The van der Waals surface area contributed by atoms with Crippen molar-refractivity contribution in [3.05, 3.63) is 35.2 Å². The number of aromatic nitrogens is 2. The van der Waals surface area contributed by atoms with E-state index in [-0.39, 0.29) is 11.4 Å². The first-order valence-corrected chi connectivity index (χ1v) is 8.99. The van der Waals surface area contributed by atoms with Gasteiger partial charge in [-0.1, -0.05) is 30.6 Å². The van der Waals surface area contributed by atoms with Crippen LogP contribution in [0.5, 0.6) is 0 Å². The molecule has 1 aromatic carbocycles. The van der Waals surface area contributed by atoms with Gasteiger partial charge in [-0.05, 0) is 43.5 Å². The minimum absolute atomic E-state index is 0.00610. The molecule has 0 unspecified atom stereocenters. The van der Waals surface area contributed by atoms with Crippen LogP contribution in [0.25, 0.3) is 11.4 Å². The molecule has 0 bridgehead atoms. The second kappa shape index (κ2) is 8.97. The molecule has 2 aromatic rings. The third kappa shape index (κ3) is 5.28. The van der Waals surface area contributed by atoms with Gasteiger partial charge < -0.3 is 15.6 Å². The van der Waals surface area contributed by atoms with E-state index >= 15 is 0 Å². The number of carbonyl (C=O) groups is 1. The molecule has 0 aliphatic rings. The van der Waals surface area contributed by atoms with Crippen LogP contribution >= 0.6 is 11.6 Å². The van der Waals surface area contributed by atoms with Gasteiger partial charge in [-0.2, -0.15) is 4.98 Å². The molecule has 0 aliphatic heterocycles. The Hall–Kier alpha value is -1.92. The standard InChI is InChI=1S/C18H25ClN4O2/c1-3-18(4-2,12-20)22-15(24)6-5-7-16-21-17(23-25-16)13-8-10-14(19)11-9-13/h8-11H,3-7,12,20H2,1-2H3,(H,22,24). The Morgan fingerprint density at radius 1 is 1.28 bits per heavy atom. The van der Waals surface area contributed by atoms with Crippen molar-refractivity contribution in [3.63, 3.8) is 0 Å². The summed E-state index contributed by atoms with van der Waals surface area (Å²) < 4.78 is 5.25. The summed E-state index contributed by atoms with van der Waals surface area (Å²) >= 11 is 5.87. The summed E-state index contributed by atoms with van der Waals surface area (Å²) in [5, 5.41) is 7.68. The largest absolute Gasteiger partial charge is 0.349 e. The smallest absolute Gasteiger partial charge is 0.226 e. The van der Waals surface area contributed by atoms with E-state index in [0.29, 0.717) is 42.5 Å². The lowest BCUT2D eigenvalue weighted by Gasteiger charge is -2.31. The highest BCUT2D eigenvalue weighted by Crippen LogP contribution is 2.19. The minimum Gasteiger partial charge on any atom is -0.349 e. The molecular weight excluding hydrogens is 340 g/mol. The maximum absolute atomic E-state index is 12.1. The van der Waals surface area contributed by atoms with Crippen LogP contribution in [-0.4, -0.2) is 28.1 Å². The second-order valence-electron chi connectivity index (χ2n) is 6.11. The predicted octanol–water partition coefficient (Wildman–Crippen LogP) is 3.35. The third-order valence-electron chi connectivity index (χ3n) is 4.51. The quantitative estimate of drug-likeness (QED) is 0.711. The Balaban J connectivity index is 1.84. The molecule has 0 aliphatic carbocycles. The molecule has 6 nitrogen and oxygen atoms in total. The van der Waals surface area contributed by atoms with E-state index in [4.69, 9.17) is 21.9 Å². The molecule has 0 fully saturated rings. The number of hydrogen-bond donors (Lipinski definition) is 2. The van der Waals surface area contributed by atoms with E-state index in [1.807, 2.05) is 26.0 Å². The summed E-state index contributed by atoms with van der Waals surface area (Å²) in [6.07, 6.45) is 3.24. The van der Waals surface area contributed by atoms with Crippen LogP contribution in [0.4, 0.5) is 0 Å². The number of nitrogens with zero attached hydrogens (tertiary/aromatic N) is 2. The fourth-order valence-electron chi connectivity index (χ4n) is 2.60. The van der Waals surface area contributed by atoms with Crippen molar-refractivity contribution < 1.29 is 9.32 Å². The van der Waals surface area contributed by atoms with Crippen molar-refractivity contribution in [2.45, 2.75) is 51.5 Å². The van der Waals surface area contributed by atoms with Crippen LogP contribution in [0.1, 0.15) is 45.4 Å². The number of aryl methyl sites for hydroxylation is 1. The maximum Gasteiger partial charge on any atom is 0.226 e. The molecule has 0 atom stereocenters. The van der Waals surface area contributed by atoms with Crippen LogP contribution in [0.3, 0.4) is 0 Å². The van der Waals surface area contributed by atoms with Gasteiger partial charge in [-0.25, -0.2) is 0 Å². The Bertz CT molecular complexity index is 672. The molecule has 3 N–H and O–H groups in total. The first-order chi connectivity index (χ1) is 12.0. The number of hydrogen-bond acceptors (Lipinski definition) is 5. The maximum atomic E-state index is 12.1. The van der Waals surface area contributed by atoms with Gasteiger partial charge in [-0.3, -0.25) is 4.79 Å². The minimum atomic E-state index is -0.302. The number of benzene rings is 1. The van der Waals surface area contributed by atoms with E-state index < -0.39 is 0 Å². The Morgan fingerprint density at radius 3 is 2.56 bits per heavy atom. The lowest BCUT2D eigenvalue weighted by molar-refractivity contribution is -0.123. The van der Waals surface area contributed by atoms with E-state index in [2.05, 4.69) is 15.5 Å². The Labute approximate surface area is 153 Å². The normalized spacial score (nSPS) is 11.5. The van der Waals surface area contributed by atoms with Crippen LogP contribution < -0.4 is 11.1 Å². The van der Waals surface area contributed by atoms with Gasteiger partial charge in [0.05, 0.1) is 5.54 Å². The van der Waals surface area contributed by atoms with Gasteiger partial charge in [0, 0.05) is 30.0 Å². The highest BCUT2D eigenvalue weighted by atomic mass is 35.5. The number of nitrogens with two attached hydrogens (primary N) is 1. The fraction of sp³-hybridized carbons (Fsp3) is 0.500. The predicted molar refractivity (Wildman–Crippen MR) is 98.2 cm³/mol. The molecule has 7 heteroatoms. The monoisotopic (exact) mass is 364 g/mol. The van der Waals surface area contributed by atoms with Crippen molar-refractivity contribution in [2.75, 3.05) is 6.54 Å². The van der Waals surface area contributed by atoms with Crippen molar-refractivity contribution >= 4 is 17.5 Å². The molecule has 0 saturated carbocycles. The summed E-state index contributed by atoms with van der Waals surface area (Å²) in [5.41, 5.74) is 6.35. The van der Waals surface area contributed by atoms with Gasteiger partial charge in [0.15, 0.2) is 0 Å². The van der Waals surface area contributed by atoms with E-state index in [1.54, 1.807) is 12.1 Å². The number of amides is 1. The van der Waals surface area contributed by atoms with Crippen molar-refractivity contribution in [2.24, 2.45) is 5.73 Å². The number of halogens is 1.